The van der Waals surface area contributed by atoms with Crippen molar-refractivity contribution in [1.29, 1.82) is 0 Å². The zero-order chi connectivity index (χ0) is 18.6. The molecule has 0 aromatic heterocycles. The van der Waals surface area contributed by atoms with Gasteiger partial charge < -0.3 is 15.0 Å². The maximum absolute atomic E-state index is 14.4. The summed E-state index contributed by atoms with van der Waals surface area (Å²) >= 11 is 0. The first-order chi connectivity index (χ1) is 13.2. The fourth-order valence-electron chi connectivity index (χ4n) is 3.93. The Balaban J connectivity index is 1.47. The highest BCUT2D eigenvalue weighted by molar-refractivity contribution is 6.06. The number of rotatable bonds is 5. The Morgan fingerprint density at radius 1 is 1.00 bits per heavy atom. The van der Waals surface area contributed by atoms with Crippen LogP contribution in [-0.2, 0) is 0 Å². The number of hydrogen-bond donors (Lipinski definition) is 1. The number of ether oxygens (including phenoxy) is 1. The van der Waals surface area contributed by atoms with Gasteiger partial charge in [0.2, 0.25) is 0 Å². The van der Waals surface area contributed by atoms with Gasteiger partial charge in [0.25, 0.3) is 5.91 Å². The summed E-state index contributed by atoms with van der Waals surface area (Å²) in [6.07, 6.45) is 7.08. The minimum absolute atomic E-state index is 0.260. The Bertz CT molecular complexity index is 794. The molecule has 1 saturated carbocycles. The van der Waals surface area contributed by atoms with Crippen molar-refractivity contribution in [3.63, 3.8) is 0 Å². The molecule has 2 fully saturated rings. The molecule has 4 nitrogen and oxygen atoms in total. The number of para-hydroxylation sites is 1. The number of nitrogens with zero attached hydrogens (tertiary/aromatic N) is 1. The van der Waals surface area contributed by atoms with Gasteiger partial charge in [-0.05, 0) is 74.9 Å². The van der Waals surface area contributed by atoms with E-state index in [4.69, 9.17) is 4.74 Å². The number of nitrogens with one attached hydrogen (secondary N) is 1. The summed E-state index contributed by atoms with van der Waals surface area (Å²) in [5, 5.41) is 2.77. The van der Waals surface area contributed by atoms with E-state index in [2.05, 4.69) is 10.2 Å². The predicted molar refractivity (Wildman–Crippen MR) is 105 cm³/mol. The maximum atomic E-state index is 14.4. The van der Waals surface area contributed by atoms with Gasteiger partial charge in [-0.2, -0.15) is 0 Å². The van der Waals surface area contributed by atoms with Crippen LogP contribution in [0.25, 0.3) is 0 Å². The van der Waals surface area contributed by atoms with E-state index < -0.39 is 5.82 Å². The first-order valence-corrected chi connectivity index (χ1v) is 9.82. The molecule has 2 aliphatic rings. The molecule has 1 aliphatic carbocycles. The molecule has 142 valence electrons. The van der Waals surface area contributed by atoms with Gasteiger partial charge in [0.1, 0.15) is 17.3 Å². The molecule has 4 rings (SSSR count). The molecule has 2 aromatic carbocycles. The highest BCUT2D eigenvalue weighted by Crippen LogP contribution is 2.32. The van der Waals surface area contributed by atoms with Crippen molar-refractivity contribution in [3.8, 4) is 5.75 Å². The second-order valence-corrected chi connectivity index (χ2v) is 7.33. The number of benzene rings is 2. The number of carbonyl (C=O) groups is 1. The molecule has 0 unspecified atom stereocenters. The van der Waals surface area contributed by atoms with Crippen LogP contribution in [0.4, 0.5) is 15.8 Å². The van der Waals surface area contributed by atoms with Gasteiger partial charge in [-0.1, -0.05) is 6.07 Å². The summed E-state index contributed by atoms with van der Waals surface area (Å²) in [4.78, 5) is 14.8. The lowest BCUT2D eigenvalue weighted by Gasteiger charge is -2.22. The van der Waals surface area contributed by atoms with E-state index >= 15 is 0 Å². The van der Waals surface area contributed by atoms with E-state index in [1.807, 2.05) is 18.2 Å². The molecular formula is C22H25FN2O2. The molecule has 2 aromatic rings. The van der Waals surface area contributed by atoms with Crippen LogP contribution in [0.15, 0.2) is 42.5 Å². The van der Waals surface area contributed by atoms with E-state index in [0.717, 1.165) is 50.2 Å². The second kappa shape index (κ2) is 7.99. The molecule has 1 amide bonds. The second-order valence-electron chi connectivity index (χ2n) is 7.33. The fraction of sp³-hybridized carbons (Fsp3) is 0.409. The smallest absolute Gasteiger partial charge is 0.255 e. The van der Waals surface area contributed by atoms with Gasteiger partial charge in [0.05, 0.1) is 11.8 Å². The Morgan fingerprint density at radius 3 is 2.41 bits per heavy atom. The van der Waals surface area contributed by atoms with Crippen LogP contribution in [0.3, 0.4) is 0 Å². The molecule has 1 aliphatic heterocycles. The Morgan fingerprint density at radius 2 is 1.70 bits per heavy atom. The Labute approximate surface area is 159 Å². The minimum atomic E-state index is -0.408. The first-order valence-electron chi connectivity index (χ1n) is 9.82. The van der Waals surface area contributed by atoms with Crippen molar-refractivity contribution in [2.75, 3.05) is 23.3 Å². The van der Waals surface area contributed by atoms with Crippen molar-refractivity contribution in [2.24, 2.45) is 0 Å². The molecule has 1 N–H and O–H groups in total. The van der Waals surface area contributed by atoms with E-state index in [-0.39, 0.29) is 17.7 Å². The van der Waals surface area contributed by atoms with Crippen LogP contribution >= 0.6 is 0 Å². The van der Waals surface area contributed by atoms with E-state index in [9.17, 15) is 9.18 Å². The molecule has 1 saturated heterocycles. The van der Waals surface area contributed by atoms with Crippen molar-refractivity contribution in [3.05, 3.63) is 53.8 Å². The zero-order valence-electron chi connectivity index (χ0n) is 15.4. The van der Waals surface area contributed by atoms with Crippen molar-refractivity contribution < 1.29 is 13.9 Å². The number of carbonyl (C=O) groups excluding carboxylic acids is 1. The minimum Gasteiger partial charge on any atom is -0.490 e. The first kappa shape index (κ1) is 17.8. The van der Waals surface area contributed by atoms with Crippen molar-refractivity contribution in [2.45, 2.75) is 44.6 Å². The topological polar surface area (TPSA) is 41.6 Å². The molecule has 1 heterocycles. The lowest BCUT2D eigenvalue weighted by molar-refractivity contribution is 0.102. The van der Waals surface area contributed by atoms with E-state index in [1.54, 1.807) is 18.2 Å². The van der Waals surface area contributed by atoms with Gasteiger partial charge in [0.15, 0.2) is 0 Å². The maximum Gasteiger partial charge on any atom is 0.255 e. The fourth-order valence-corrected chi connectivity index (χ4v) is 3.93. The lowest BCUT2D eigenvalue weighted by atomic mass is 10.1. The average Bonchev–Trinajstić information content (AvgIpc) is 3.38. The Hall–Kier alpha value is -2.56. The van der Waals surface area contributed by atoms with Crippen LogP contribution in [0.1, 0.15) is 48.9 Å². The van der Waals surface area contributed by atoms with Gasteiger partial charge in [-0.25, -0.2) is 4.39 Å². The molecular weight excluding hydrogens is 343 g/mol. The summed E-state index contributed by atoms with van der Waals surface area (Å²) in [5.74, 6) is 0.0593. The molecule has 27 heavy (non-hydrogen) atoms. The monoisotopic (exact) mass is 368 g/mol. The third kappa shape index (κ3) is 4.07. The summed E-state index contributed by atoms with van der Waals surface area (Å²) in [6.45, 7) is 1.78. The normalized spacial score (nSPS) is 17.3. The predicted octanol–water partition coefficient (Wildman–Crippen LogP) is 5.00. The largest absolute Gasteiger partial charge is 0.490 e. The zero-order valence-corrected chi connectivity index (χ0v) is 15.4. The molecule has 5 heteroatoms. The van der Waals surface area contributed by atoms with Crippen molar-refractivity contribution in [1.82, 2.24) is 0 Å². The summed E-state index contributed by atoms with van der Waals surface area (Å²) in [7, 11) is 0. The summed E-state index contributed by atoms with van der Waals surface area (Å²) in [6, 6.07) is 12.0. The van der Waals surface area contributed by atoms with Crippen LogP contribution in [0, 0.1) is 5.82 Å². The van der Waals surface area contributed by atoms with Gasteiger partial charge in [-0.3, -0.25) is 4.79 Å². The van der Waals surface area contributed by atoms with Crippen molar-refractivity contribution >= 4 is 17.3 Å². The van der Waals surface area contributed by atoms with Crippen LogP contribution in [0.5, 0.6) is 5.75 Å². The van der Waals surface area contributed by atoms with Crippen LogP contribution in [-0.4, -0.2) is 25.1 Å². The van der Waals surface area contributed by atoms with Gasteiger partial charge in [-0.15, -0.1) is 0 Å². The average molecular weight is 368 g/mol. The Kier molecular flexibility index (Phi) is 5.28. The number of halogens is 1. The third-order valence-corrected chi connectivity index (χ3v) is 5.40. The lowest BCUT2D eigenvalue weighted by Crippen LogP contribution is -2.22. The SMILES string of the molecule is O=C(Nc1c(F)cccc1N1CCCC1)c1ccc(OC2CCCC2)cc1. The van der Waals surface area contributed by atoms with E-state index in [1.165, 1.54) is 18.9 Å². The highest BCUT2D eigenvalue weighted by atomic mass is 19.1. The van der Waals surface area contributed by atoms with Gasteiger partial charge in [0, 0.05) is 18.7 Å². The van der Waals surface area contributed by atoms with Crippen LogP contribution < -0.4 is 15.0 Å². The standard InChI is InChI=1S/C22H25FN2O2/c23-19-8-5-9-20(25-14-3-4-15-25)21(19)24-22(26)16-10-12-18(13-11-16)27-17-6-1-2-7-17/h5,8-13,17H,1-4,6-7,14-15H2,(H,24,26). The quantitative estimate of drug-likeness (QED) is 0.807. The molecule has 0 atom stereocenters. The summed E-state index contributed by atoms with van der Waals surface area (Å²) in [5.41, 5.74) is 1.50. The number of hydrogen-bond acceptors (Lipinski definition) is 3. The molecule has 0 radical (unpaired) electrons. The summed E-state index contributed by atoms with van der Waals surface area (Å²) < 4.78 is 20.3. The van der Waals surface area contributed by atoms with Crippen LogP contribution in [0.2, 0.25) is 0 Å². The van der Waals surface area contributed by atoms with E-state index in [0.29, 0.717) is 5.56 Å². The highest BCUT2D eigenvalue weighted by Gasteiger charge is 2.20. The molecule has 0 spiro atoms. The number of amides is 1. The third-order valence-electron chi connectivity index (χ3n) is 5.40. The number of anilines is 2. The molecule has 0 bridgehead atoms. The van der Waals surface area contributed by atoms with Gasteiger partial charge >= 0.3 is 0 Å².